The number of aromatic nitrogens is 1. The Morgan fingerprint density at radius 2 is 1.50 bits per heavy atom. The maximum Gasteiger partial charge on any atom is 0.185 e. The number of hydrogen-bond acceptors (Lipinski definition) is 4. The first-order valence-electron chi connectivity index (χ1n) is 14.3. The lowest BCUT2D eigenvalue weighted by atomic mass is 10.0. The summed E-state index contributed by atoms with van der Waals surface area (Å²) in [6, 6.07) is 9.94. The topological polar surface area (TPSA) is 40.6 Å². The predicted molar refractivity (Wildman–Crippen MR) is 150 cm³/mol. The highest BCUT2D eigenvalue weighted by Crippen LogP contribution is 2.32. The molecule has 5 heteroatoms. The van der Waals surface area contributed by atoms with Crippen molar-refractivity contribution in [1.29, 1.82) is 0 Å². The Labute approximate surface area is 224 Å². The van der Waals surface area contributed by atoms with E-state index in [1.165, 1.54) is 77.0 Å². The van der Waals surface area contributed by atoms with Crippen molar-refractivity contribution in [3.8, 4) is 17.0 Å². The van der Waals surface area contributed by atoms with Crippen LogP contribution in [0.2, 0.25) is 5.02 Å². The fourth-order valence-electron chi connectivity index (χ4n) is 4.67. The Kier molecular flexibility index (Phi) is 13.7. The maximum atomic E-state index is 6.50. The first-order chi connectivity index (χ1) is 17.7. The van der Waals surface area contributed by atoms with Crippen LogP contribution in [0.4, 0.5) is 0 Å². The standard InChI is InChI=1S/C31H46ClNO3/c1-3-5-7-9-11-13-15-25-23-35-31(36-24-25)27-16-18-29(33-22-27)26-17-19-30(28(32)21-26)34-20-14-12-10-8-6-4-2/h16-19,21-22,25,31H,3-15,20,23-24H2,1-2H3. The van der Waals surface area contributed by atoms with E-state index in [9.17, 15) is 0 Å². The molecule has 1 aromatic heterocycles. The zero-order valence-corrected chi connectivity index (χ0v) is 23.2. The van der Waals surface area contributed by atoms with Crippen molar-refractivity contribution >= 4 is 11.6 Å². The van der Waals surface area contributed by atoms with E-state index in [1.807, 2.05) is 36.5 Å². The van der Waals surface area contributed by atoms with Crippen molar-refractivity contribution in [2.45, 2.75) is 104 Å². The number of ether oxygens (including phenoxy) is 3. The van der Waals surface area contributed by atoms with Gasteiger partial charge in [0.1, 0.15) is 5.75 Å². The highest BCUT2D eigenvalue weighted by atomic mass is 35.5. The van der Waals surface area contributed by atoms with Gasteiger partial charge < -0.3 is 14.2 Å². The van der Waals surface area contributed by atoms with Gasteiger partial charge in [-0.15, -0.1) is 0 Å². The van der Waals surface area contributed by atoms with Crippen molar-refractivity contribution in [2.75, 3.05) is 19.8 Å². The minimum atomic E-state index is -0.325. The second-order valence-corrected chi connectivity index (χ2v) is 10.6. The van der Waals surface area contributed by atoms with Crippen molar-refractivity contribution < 1.29 is 14.2 Å². The molecule has 0 N–H and O–H groups in total. The molecule has 1 aliphatic heterocycles. The molecule has 0 saturated carbocycles. The molecule has 0 aliphatic carbocycles. The average Bonchev–Trinajstić information content (AvgIpc) is 2.91. The third-order valence-electron chi connectivity index (χ3n) is 6.97. The van der Waals surface area contributed by atoms with Crippen molar-refractivity contribution in [3.05, 3.63) is 47.1 Å². The lowest BCUT2D eigenvalue weighted by Crippen LogP contribution is -2.27. The minimum absolute atomic E-state index is 0.325. The summed E-state index contributed by atoms with van der Waals surface area (Å²) >= 11 is 6.50. The molecule has 1 aromatic carbocycles. The van der Waals surface area contributed by atoms with E-state index in [2.05, 4.69) is 18.8 Å². The lowest BCUT2D eigenvalue weighted by Gasteiger charge is -2.29. The van der Waals surface area contributed by atoms with Gasteiger partial charge in [0, 0.05) is 23.2 Å². The second-order valence-electron chi connectivity index (χ2n) is 10.2. The van der Waals surface area contributed by atoms with Gasteiger partial charge in [-0.1, -0.05) is 102 Å². The Morgan fingerprint density at radius 3 is 2.14 bits per heavy atom. The molecule has 1 fully saturated rings. The molecule has 2 aromatic rings. The quantitative estimate of drug-likeness (QED) is 0.197. The van der Waals surface area contributed by atoms with Crippen LogP contribution in [0.3, 0.4) is 0 Å². The third kappa shape index (κ3) is 10.0. The third-order valence-corrected chi connectivity index (χ3v) is 7.27. The van der Waals surface area contributed by atoms with Crippen molar-refractivity contribution in [2.24, 2.45) is 5.92 Å². The number of nitrogens with zero attached hydrogens (tertiary/aromatic N) is 1. The summed E-state index contributed by atoms with van der Waals surface area (Å²) in [5.41, 5.74) is 2.81. The molecular weight excluding hydrogens is 470 g/mol. The summed E-state index contributed by atoms with van der Waals surface area (Å²) in [4.78, 5) is 4.65. The Hall–Kier alpha value is -1.62. The number of rotatable bonds is 17. The summed E-state index contributed by atoms with van der Waals surface area (Å²) in [5, 5.41) is 0.625. The van der Waals surface area contributed by atoms with E-state index in [-0.39, 0.29) is 6.29 Å². The van der Waals surface area contributed by atoms with Crippen LogP contribution in [-0.2, 0) is 9.47 Å². The molecule has 3 rings (SSSR count). The maximum absolute atomic E-state index is 6.50. The lowest BCUT2D eigenvalue weighted by molar-refractivity contribution is -0.206. The molecule has 2 heterocycles. The summed E-state index contributed by atoms with van der Waals surface area (Å²) in [6.07, 6.45) is 18.2. The molecule has 36 heavy (non-hydrogen) atoms. The normalized spacial score (nSPS) is 17.9. The van der Waals surface area contributed by atoms with E-state index < -0.39 is 0 Å². The fraction of sp³-hybridized carbons (Fsp3) is 0.645. The van der Waals surface area contributed by atoms with Crippen LogP contribution in [0.15, 0.2) is 36.5 Å². The van der Waals surface area contributed by atoms with E-state index in [1.54, 1.807) is 0 Å². The molecule has 0 bridgehead atoms. The SMILES string of the molecule is CCCCCCCCOc1ccc(-c2ccc(C3OCC(CCCCCCCC)CO3)cn2)cc1Cl. The summed E-state index contributed by atoms with van der Waals surface area (Å²) in [7, 11) is 0. The Balaban J connectivity index is 1.40. The second kappa shape index (κ2) is 17.0. The minimum Gasteiger partial charge on any atom is -0.492 e. The van der Waals surface area contributed by atoms with Crippen LogP contribution in [0, 0.1) is 5.92 Å². The number of benzene rings is 1. The highest BCUT2D eigenvalue weighted by molar-refractivity contribution is 6.32. The van der Waals surface area contributed by atoms with Crippen LogP contribution >= 0.6 is 11.6 Å². The number of halogens is 1. The number of unbranched alkanes of at least 4 members (excludes halogenated alkanes) is 10. The van der Waals surface area contributed by atoms with E-state index in [0.29, 0.717) is 17.5 Å². The highest BCUT2D eigenvalue weighted by Gasteiger charge is 2.23. The first-order valence-corrected chi connectivity index (χ1v) is 14.7. The average molecular weight is 516 g/mol. The van der Waals surface area contributed by atoms with Crippen LogP contribution < -0.4 is 4.74 Å². The van der Waals surface area contributed by atoms with Gasteiger partial charge in [0.2, 0.25) is 0 Å². The summed E-state index contributed by atoms with van der Waals surface area (Å²) in [6.45, 7) is 6.73. The van der Waals surface area contributed by atoms with Crippen LogP contribution in [-0.4, -0.2) is 24.8 Å². The monoisotopic (exact) mass is 515 g/mol. The van der Waals surface area contributed by atoms with Gasteiger partial charge in [0.25, 0.3) is 0 Å². The molecule has 0 radical (unpaired) electrons. The summed E-state index contributed by atoms with van der Waals surface area (Å²) in [5.74, 6) is 1.24. The molecule has 0 spiro atoms. The zero-order valence-electron chi connectivity index (χ0n) is 22.5. The Bertz CT molecular complexity index is 849. The van der Waals surface area contributed by atoms with Crippen molar-refractivity contribution in [1.82, 2.24) is 4.98 Å². The predicted octanol–water partition coefficient (Wildman–Crippen LogP) is 9.55. The molecule has 0 unspecified atom stereocenters. The van der Waals surface area contributed by atoms with Gasteiger partial charge in [0.05, 0.1) is 30.5 Å². The molecule has 1 aliphatic rings. The largest absolute Gasteiger partial charge is 0.492 e. The fourth-order valence-corrected chi connectivity index (χ4v) is 4.91. The summed E-state index contributed by atoms with van der Waals surface area (Å²) < 4.78 is 18.0. The molecule has 1 saturated heterocycles. The van der Waals surface area contributed by atoms with Gasteiger partial charge in [-0.2, -0.15) is 0 Å². The molecule has 0 atom stereocenters. The molecule has 0 amide bonds. The van der Waals surface area contributed by atoms with E-state index in [0.717, 1.165) is 42.2 Å². The van der Waals surface area contributed by atoms with Gasteiger partial charge in [-0.3, -0.25) is 4.98 Å². The van der Waals surface area contributed by atoms with Gasteiger partial charge >= 0.3 is 0 Å². The van der Waals surface area contributed by atoms with Gasteiger partial charge in [0.15, 0.2) is 6.29 Å². The molecule has 4 nitrogen and oxygen atoms in total. The van der Waals surface area contributed by atoms with E-state index in [4.69, 9.17) is 25.8 Å². The van der Waals surface area contributed by atoms with Gasteiger partial charge in [-0.25, -0.2) is 0 Å². The molecule has 200 valence electrons. The van der Waals surface area contributed by atoms with Crippen LogP contribution in [0.25, 0.3) is 11.3 Å². The number of hydrogen-bond donors (Lipinski definition) is 0. The molecular formula is C31H46ClNO3. The smallest absolute Gasteiger partial charge is 0.185 e. The first kappa shape index (κ1) is 28.9. The van der Waals surface area contributed by atoms with Crippen LogP contribution in [0.5, 0.6) is 5.75 Å². The Morgan fingerprint density at radius 1 is 0.833 bits per heavy atom. The number of pyridine rings is 1. The van der Waals surface area contributed by atoms with Crippen molar-refractivity contribution in [3.63, 3.8) is 0 Å². The zero-order chi connectivity index (χ0) is 25.4. The van der Waals surface area contributed by atoms with E-state index >= 15 is 0 Å². The van der Waals surface area contributed by atoms with Gasteiger partial charge in [-0.05, 0) is 37.1 Å². The van der Waals surface area contributed by atoms with Crippen LogP contribution in [0.1, 0.15) is 109 Å².